The van der Waals surface area contributed by atoms with Crippen molar-refractivity contribution in [3.05, 3.63) is 60.0 Å². The van der Waals surface area contributed by atoms with Crippen molar-refractivity contribution in [1.82, 2.24) is 24.8 Å². The standard InChI is InChI=1S/C23H21F4N5/c24-16-6-7-17-18(14-16)29-21(23(25,26)27)19-20(17)32(13-12-31-10-8-28-9-11-31)22(30-19)15-4-2-1-3-5-15/h1-7,14,28H,8-13H2. The molecule has 32 heavy (non-hydrogen) atoms. The number of pyridine rings is 1. The summed E-state index contributed by atoms with van der Waals surface area (Å²) in [5.74, 6) is -0.188. The van der Waals surface area contributed by atoms with Crippen LogP contribution >= 0.6 is 0 Å². The molecule has 0 bridgehead atoms. The lowest BCUT2D eigenvalue weighted by Gasteiger charge is -2.27. The second-order valence-corrected chi connectivity index (χ2v) is 7.86. The fourth-order valence-electron chi connectivity index (χ4n) is 4.26. The first-order chi connectivity index (χ1) is 15.4. The number of hydrogen-bond acceptors (Lipinski definition) is 4. The number of alkyl halides is 3. The van der Waals surface area contributed by atoms with Crippen LogP contribution in [0.15, 0.2) is 48.5 Å². The van der Waals surface area contributed by atoms with E-state index in [4.69, 9.17) is 0 Å². The summed E-state index contributed by atoms with van der Waals surface area (Å²) in [6.07, 6.45) is -4.72. The van der Waals surface area contributed by atoms with Crippen molar-refractivity contribution in [2.45, 2.75) is 12.7 Å². The van der Waals surface area contributed by atoms with E-state index in [1.165, 1.54) is 12.1 Å². The van der Waals surface area contributed by atoms with Crippen LogP contribution in [-0.2, 0) is 12.7 Å². The zero-order valence-electron chi connectivity index (χ0n) is 17.2. The Balaban J connectivity index is 1.76. The van der Waals surface area contributed by atoms with Gasteiger partial charge >= 0.3 is 6.18 Å². The first-order valence-electron chi connectivity index (χ1n) is 10.5. The molecule has 2 aromatic heterocycles. The van der Waals surface area contributed by atoms with E-state index >= 15 is 0 Å². The predicted octanol–water partition coefficient (Wildman–Crippen LogP) is 4.31. The van der Waals surface area contributed by atoms with E-state index in [1.54, 1.807) is 0 Å². The normalized spacial score (nSPS) is 15.6. The van der Waals surface area contributed by atoms with Crippen molar-refractivity contribution in [2.75, 3.05) is 32.7 Å². The lowest BCUT2D eigenvalue weighted by atomic mass is 10.1. The quantitative estimate of drug-likeness (QED) is 0.478. The van der Waals surface area contributed by atoms with Crippen molar-refractivity contribution in [3.63, 3.8) is 0 Å². The number of piperazine rings is 1. The number of nitrogens with one attached hydrogen (secondary N) is 1. The van der Waals surface area contributed by atoms with Crippen LogP contribution in [-0.4, -0.2) is 52.2 Å². The van der Waals surface area contributed by atoms with E-state index in [2.05, 4.69) is 20.2 Å². The molecule has 0 amide bonds. The molecule has 5 rings (SSSR count). The van der Waals surface area contributed by atoms with Crippen LogP contribution < -0.4 is 5.32 Å². The van der Waals surface area contributed by atoms with E-state index in [-0.39, 0.29) is 11.0 Å². The van der Waals surface area contributed by atoms with E-state index in [1.807, 2.05) is 34.9 Å². The Bertz CT molecular complexity index is 1260. The van der Waals surface area contributed by atoms with E-state index in [0.29, 0.717) is 35.4 Å². The highest BCUT2D eigenvalue weighted by Gasteiger charge is 2.37. The maximum absolute atomic E-state index is 13.9. The van der Waals surface area contributed by atoms with Gasteiger partial charge in [-0.1, -0.05) is 30.3 Å². The molecular formula is C23H21F4N5. The summed E-state index contributed by atoms with van der Waals surface area (Å²) in [4.78, 5) is 10.5. The van der Waals surface area contributed by atoms with Crippen molar-refractivity contribution < 1.29 is 17.6 Å². The van der Waals surface area contributed by atoms with Crippen LogP contribution in [0.3, 0.4) is 0 Å². The van der Waals surface area contributed by atoms with Gasteiger partial charge in [0.15, 0.2) is 5.69 Å². The van der Waals surface area contributed by atoms with Crippen molar-refractivity contribution in [1.29, 1.82) is 0 Å². The number of rotatable bonds is 4. The minimum Gasteiger partial charge on any atom is -0.322 e. The summed E-state index contributed by atoms with van der Waals surface area (Å²) in [5.41, 5.74) is -0.295. The Morgan fingerprint density at radius 3 is 2.41 bits per heavy atom. The second kappa shape index (κ2) is 8.14. The number of imidazole rings is 1. The van der Waals surface area contributed by atoms with Crippen LogP contribution in [0.2, 0.25) is 0 Å². The van der Waals surface area contributed by atoms with Gasteiger partial charge in [-0.15, -0.1) is 0 Å². The third kappa shape index (κ3) is 3.82. The fraction of sp³-hybridized carbons (Fsp3) is 0.304. The smallest absolute Gasteiger partial charge is 0.322 e. The topological polar surface area (TPSA) is 46.0 Å². The summed E-state index contributed by atoms with van der Waals surface area (Å²) >= 11 is 0. The van der Waals surface area contributed by atoms with Crippen LogP contribution in [0, 0.1) is 5.82 Å². The number of hydrogen-bond donors (Lipinski definition) is 1. The highest BCUT2D eigenvalue weighted by Crippen LogP contribution is 2.38. The van der Waals surface area contributed by atoms with Crippen LogP contribution in [0.1, 0.15) is 5.69 Å². The van der Waals surface area contributed by atoms with Gasteiger partial charge in [-0.25, -0.2) is 14.4 Å². The van der Waals surface area contributed by atoms with Crippen LogP contribution in [0.25, 0.3) is 33.3 Å². The Morgan fingerprint density at radius 1 is 0.938 bits per heavy atom. The number of fused-ring (bicyclic) bond motifs is 3. The highest BCUT2D eigenvalue weighted by molar-refractivity contribution is 6.04. The van der Waals surface area contributed by atoms with Gasteiger partial charge in [0.2, 0.25) is 0 Å². The first-order valence-corrected chi connectivity index (χ1v) is 10.5. The summed E-state index contributed by atoms with van der Waals surface area (Å²) < 4.78 is 57.5. The third-order valence-corrected chi connectivity index (χ3v) is 5.79. The summed E-state index contributed by atoms with van der Waals surface area (Å²) in [7, 11) is 0. The zero-order chi connectivity index (χ0) is 22.3. The minimum absolute atomic E-state index is 0.0345. The molecule has 0 unspecified atom stereocenters. The maximum atomic E-state index is 13.9. The average Bonchev–Trinajstić information content (AvgIpc) is 3.17. The molecular weight excluding hydrogens is 422 g/mol. The third-order valence-electron chi connectivity index (χ3n) is 5.79. The summed E-state index contributed by atoms with van der Waals surface area (Å²) in [6, 6.07) is 12.9. The van der Waals surface area contributed by atoms with Crippen LogP contribution in [0.5, 0.6) is 0 Å². The first kappa shape index (κ1) is 20.8. The second-order valence-electron chi connectivity index (χ2n) is 7.86. The monoisotopic (exact) mass is 443 g/mol. The molecule has 1 N–H and O–H groups in total. The van der Waals surface area contributed by atoms with Gasteiger partial charge in [-0.3, -0.25) is 4.90 Å². The Kier molecular flexibility index (Phi) is 5.30. The minimum atomic E-state index is -4.72. The molecule has 0 aliphatic carbocycles. The number of nitrogens with zero attached hydrogens (tertiary/aromatic N) is 4. The zero-order valence-corrected chi connectivity index (χ0v) is 17.2. The molecule has 0 saturated carbocycles. The van der Waals surface area contributed by atoms with Gasteiger partial charge in [0.25, 0.3) is 0 Å². The Hall–Kier alpha value is -3.04. The lowest BCUT2D eigenvalue weighted by molar-refractivity contribution is -0.139. The Labute approximate surface area is 181 Å². The molecule has 1 saturated heterocycles. The molecule has 1 fully saturated rings. The van der Waals surface area contributed by atoms with Crippen molar-refractivity contribution in [3.8, 4) is 11.4 Å². The van der Waals surface area contributed by atoms with Gasteiger partial charge in [-0.05, 0) is 12.1 Å². The summed E-state index contributed by atoms with van der Waals surface area (Å²) in [6.45, 7) is 4.61. The molecule has 1 aliphatic heterocycles. The number of aromatic nitrogens is 3. The number of halogens is 4. The van der Waals surface area contributed by atoms with Crippen LogP contribution in [0.4, 0.5) is 17.6 Å². The van der Waals surface area contributed by atoms with E-state index in [9.17, 15) is 17.6 Å². The molecule has 3 heterocycles. The summed E-state index contributed by atoms with van der Waals surface area (Å²) in [5, 5.41) is 3.75. The lowest BCUT2D eigenvalue weighted by Crippen LogP contribution is -2.44. The molecule has 1 aliphatic rings. The van der Waals surface area contributed by atoms with Gasteiger partial charge < -0.3 is 9.88 Å². The molecule has 5 nitrogen and oxygen atoms in total. The van der Waals surface area contributed by atoms with Gasteiger partial charge in [0.1, 0.15) is 17.2 Å². The largest absolute Gasteiger partial charge is 0.435 e. The van der Waals surface area contributed by atoms with Gasteiger partial charge in [0, 0.05) is 56.3 Å². The van der Waals surface area contributed by atoms with Gasteiger partial charge in [-0.2, -0.15) is 13.2 Å². The van der Waals surface area contributed by atoms with E-state index in [0.717, 1.165) is 32.2 Å². The Morgan fingerprint density at radius 2 is 1.69 bits per heavy atom. The highest BCUT2D eigenvalue weighted by atomic mass is 19.4. The van der Waals surface area contributed by atoms with Crippen molar-refractivity contribution >= 4 is 21.9 Å². The molecule has 0 atom stereocenters. The maximum Gasteiger partial charge on any atom is 0.435 e. The average molecular weight is 443 g/mol. The SMILES string of the molecule is Fc1ccc2c(c1)nc(C(F)(F)F)c1nc(-c3ccccc3)n(CCN3CCNCC3)c12. The molecule has 0 radical (unpaired) electrons. The molecule has 4 aromatic rings. The molecule has 9 heteroatoms. The number of benzene rings is 2. The van der Waals surface area contributed by atoms with Crippen molar-refractivity contribution in [2.24, 2.45) is 0 Å². The molecule has 0 spiro atoms. The van der Waals surface area contributed by atoms with E-state index < -0.39 is 17.7 Å². The van der Waals surface area contributed by atoms with Gasteiger partial charge in [0.05, 0.1) is 11.0 Å². The molecule has 166 valence electrons. The molecule has 2 aromatic carbocycles. The predicted molar refractivity (Wildman–Crippen MR) is 115 cm³/mol. The fourth-order valence-corrected chi connectivity index (χ4v) is 4.26.